The van der Waals surface area contributed by atoms with E-state index in [1.54, 1.807) is 6.33 Å². The van der Waals surface area contributed by atoms with E-state index >= 15 is 0 Å². The first-order valence-corrected chi connectivity index (χ1v) is 14.2. The van der Waals surface area contributed by atoms with Crippen LogP contribution in [0.3, 0.4) is 0 Å². The van der Waals surface area contributed by atoms with E-state index in [1.807, 2.05) is 46.3 Å². The smallest absolute Gasteiger partial charge is 0.304 e. The van der Waals surface area contributed by atoms with Gasteiger partial charge in [-0.25, -0.2) is 15.0 Å². The van der Waals surface area contributed by atoms with Gasteiger partial charge in [-0.3, -0.25) is 14.5 Å². The number of carboxylic acids is 1. The summed E-state index contributed by atoms with van der Waals surface area (Å²) in [5, 5.41) is 12.2. The number of pyridine rings is 1. The average molecular weight is 530 g/mol. The molecule has 9 heteroatoms. The molecule has 4 aromatic rings. The van der Waals surface area contributed by atoms with Crippen LogP contribution in [0.1, 0.15) is 51.4 Å². The van der Waals surface area contributed by atoms with Crippen molar-refractivity contribution in [1.29, 1.82) is 0 Å². The van der Waals surface area contributed by atoms with Gasteiger partial charge in [0.15, 0.2) is 10.8 Å². The van der Waals surface area contributed by atoms with E-state index in [0.717, 1.165) is 53.6 Å². The number of aromatic nitrogens is 4. The molecular formula is C29H31N5O3S. The Morgan fingerprint density at radius 2 is 1.89 bits per heavy atom. The summed E-state index contributed by atoms with van der Waals surface area (Å²) < 4.78 is 1.95. The predicted octanol–water partition coefficient (Wildman–Crippen LogP) is 5.93. The molecule has 2 aliphatic carbocycles. The van der Waals surface area contributed by atoms with Crippen molar-refractivity contribution in [2.24, 2.45) is 18.9 Å². The average Bonchev–Trinajstić information content (AvgIpc) is 3.27. The molecule has 3 aromatic heterocycles. The largest absolute Gasteiger partial charge is 0.481 e. The maximum atomic E-state index is 13.8. The molecule has 1 unspecified atom stereocenters. The lowest BCUT2D eigenvalue weighted by Crippen LogP contribution is -2.39. The zero-order valence-corrected chi connectivity index (χ0v) is 22.2. The van der Waals surface area contributed by atoms with Gasteiger partial charge < -0.3 is 9.67 Å². The molecule has 1 aromatic carbocycles. The number of anilines is 1. The fraction of sp³-hybridized carbons (Fsp3) is 0.414. The van der Waals surface area contributed by atoms with Crippen LogP contribution in [-0.4, -0.2) is 42.5 Å². The van der Waals surface area contributed by atoms with Crippen LogP contribution in [-0.2, 0) is 16.6 Å². The summed E-state index contributed by atoms with van der Waals surface area (Å²) in [5.74, 6) is -1.06. The number of carbonyl (C=O) groups excluding carboxylic acids is 1. The second-order valence-electron chi connectivity index (χ2n) is 10.6. The molecular weight excluding hydrogens is 498 g/mol. The summed E-state index contributed by atoms with van der Waals surface area (Å²) in [4.78, 5) is 41.1. The Hall–Kier alpha value is -3.59. The first kappa shape index (κ1) is 24.7. The summed E-state index contributed by atoms with van der Waals surface area (Å²) in [6.07, 6.45) is 10.5. The fourth-order valence-electron chi connectivity index (χ4n) is 5.70. The number of imidazole rings is 1. The molecule has 0 bridgehead atoms. The predicted molar refractivity (Wildman–Crippen MR) is 148 cm³/mol. The highest BCUT2D eigenvalue weighted by Crippen LogP contribution is 2.40. The zero-order valence-electron chi connectivity index (χ0n) is 21.4. The van der Waals surface area contributed by atoms with Crippen LogP contribution in [0.2, 0.25) is 0 Å². The second kappa shape index (κ2) is 10.3. The van der Waals surface area contributed by atoms with Crippen molar-refractivity contribution in [3.8, 4) is 22.4 Å². The summed E-state index contributed by atoms with van der Waals surface area (Å²) in [6.45, 7) is 0. The molecule has 2 fully saturated rings. The van der Waals surface area contributed by atoms with E-state index in [2.05, 4.69) is 22.1 Å². The van der Waals surface area contributed by atoms with Crippen molar-refractivity contribution in [3.63, 3.8) is 0 Å². The third-order valence-corrected chi connectivity index (χ3v) is 8.64. The van der Waals surface area contributed by atoms with E-state index in [0.29, 0.717) is 23.1 Å². The zero-order chi connectivity index (χ0) is 26.2. The lowest BCUT2D eigenvalue weighted by atomic mass is 9.90. The third kappa shape index (κ3) is 4.95. The van der Waals surface area contributed by atoms with E-state index in [1.165, 1.54) is 24.2 Å². The van der Waals surface area contributed by atoms with E-state index < -0.39 is 11.9 Å². The minimum Gasteiger partial charge on any atom is -0.481 e. The number of fused-ring (bicyclic) bond motifs is 1. The highest BCUT2D eigenvalue weighted by Gasteiger charge is 2.40. The van der Waals surface area contributed by atoms with Gasteiger partial charge in [0.25, 0.3) is 0 Å². The molecule has 1 N–H and O–H groups in total. The molecule has 38 heavy (non-hydrogen) atoms. The van der Waals surface area contributed by atoms with Crippen molar-refractivity contribution in [2.45, 2.75) is 57.4 Å². The minimum atomic E-state index is -0.912. The Balaban J connectivity index is 1.32. The van der Waals surface area contributed by atoms with Gasteiger partial charge in [0.2, 0.25) is 5.91 Å². The lowest BCUT2D eigenvalue weighted by Gasteiger charge is -2.26. The Labute approximate surface area is 225 Å². The van der Waals surface area contributed by atoms with Crippen molar-refractivity contribution in [2.75, 3.05) is 4.90 Å². The molecule has 2 saturated carbocycles. The van der Waals surface area contributed by atoms with E-state index in [-0.39, 0.29) is 18.4 Å². The van der Waals surface area contributed by atoms with E-state index in [4.69, 9.17) is 4.98 Å². The number of benzene rings is 1. The Morgan fingerprint density at radius 3 is 2.63 bits per heavy atom. The van der Waals surface area contributed by atoms with Gasteiger partial charge >= 0.3 is 5.97 Å². The maximum absolute atomic E-state index is 13.8. The van der Waals surface area contributed by atoms with Gasteiger partial charge in [-0.15, -0.1) is 11.3 Å². The second-order valence-corrected chi connectivity index (χ2v) is 11.4. The van der Waals surface area contributed by atoms with Crippen LogP contribution in [0.5, 0.6) is 0 Å². The SMILES string of the molecule is Cn1cnc2ncc(-c3ccccc3-c3csc(N(C(=O)C(CC(=O)O)CC4CCCC4)C4CC4)n3)cc21. The molecule has 196 valence electrons. The van der Waals surface area contributed by atoms with Gasteiger partial charge in [0, 0.05) is 41.7 Å². The molecule has 3 heterocycles. The molecule has 2 aliphatic rings. The maximum Gasteiger partial charge on any atom is 0.304 e. The number of carboxylic acid groups (broad SMARTS) is 1. The van der Waals surface area contributed by atoms with Crippen LogP contribution < -0.4 is 4.90 Å². The number of thiazole rings is 1. The van der Waals surface area contributed by atoms with Gasteiger partial charge in [-0.05, 0) is 36.8 Å². The van der Waals surface area contributed by atoms with Crippen molar-refractivity contribution in [3.05, 3.63) is 48.2 Å². The highest BCUT2D eigenvalue weighted by molar-refractivity contribution is 7.14. The molecule has 8 nitrogen and oxygen atoms in total. The van der Waals surface area contributed by atoms with Gasteiger partial charge in [0.1, 0.15) is 0 Å². The van der Waals surface area contributed by atoms with Crippen LogP contribution >= 0.6 is 11.3 Å². The summed E-state index contributed by atoms with van der Waals surface area (Å²) >= 11 is 1.46. The summed E-state index contributed by atoms with van der Waals surface area (Å²) in [5.41, 5.74) is 5.41. The van der Waals surface area contributed by atoms with Crippen LogP contribution in [0.25, 0.3) is 33.5 Å². The Kier molecular flexibility index (Phi) is 6.69. The van der Waals surface area contributed by atoms with E-state index in [9.17, 15) is 14.7 Å². The van der Waals surface area contributed by atoms with Crippen molar-refractivity contribution in [1.82, 2.24) is 19.5 Å². The standard InChI is InChI=1S/C29H31N5O3S/c1-33-17-31-27-25(33)13-20(15-30-27)22-8-4-5-9-23(22)24-16-38-29(32-24)34(21-10-11-21)28(37)19(14-26(35)36)12-18-6-2-3-7-18/h4-5,8-9,13,15-19,21H,2-3,6-7,10-12,14H2,1H3,(H,35,36). The number of hydrogen-bond acceptors (Lipinski definition) is 6. The van der Waals surface area contributed by atoms with Gasteiger partial charge in [0.05, 0.1) is 24.0 Å². The number of rotatable bonds is 9. The summed E-state index contributed by atoms with van der Waals surface area (Å²) in [6, 6.07) is 10.3. The first-order valence-electron chi connectivity index (χ1n) is 13.3. The van der Waals surface area contributed by atoms with Gasteiger partial charge in [-0.1, -0.05) is 49.9 Å². The van der Waals surface area contributed by atoms with Crippen LogP contribution in [0.15, 0.2) is 48.2 Å². The number of carbonyl (C=O) groups is 2. The van der Waals surface area contributed by atoms with Crippen molar-refractivity contribution >= 4 is 39.5 Å². The number of nitrogens with zero attached hydrogens (tertiary/aromatic N) is 5. The fourth-order valence-corrected chi connectivity index (χ4v) is 6.60. The molecule has 0 radical (unpaired) electrons. The normalized spacial score (nSPS) is 16.7. The molecule has 1 atom stereocenters. The molecule has 6 rings (SSSR count). The number of aliphatic carboxylic acids is 1. The third-order valence-electron chi connectivity index (χ3n) is 7.80. The number of aryl methyl sites for hydroxylation is 1. The number of hydrogen-bond donors (Lipinski definition) is 1. The molecule has 1 amide bonds. The summed E-state index contributed by atoms with van der Waals surface area (Å²) in [7, 11) is 1.95. The lowest BCUT2D eigenvalue weighted by molar-refractivity contribution is -0.141. The molecule has 0 spiro atoms. The van der Waals surface area contributed by atoms with Crippen molar-refractivity contribution < 1.29 is 14.7 Å². The quantitative estimate of drug-likeness (QED) is 0.289. The molecule has 0 saturated heterocycles. The minimum absolute atomic E-state index is 0.0816. The highest BCUT2D eigenvalue weighted by atomic mass is 32.1. The van der Waals surface area contributed by atoms with Gasteiger partial charge in [-0.2, -0.15) is 0 Å². The first-order chi connectivity index (χ1) is 18.5. The Bertz CT molecular complexity index is 1480. The monoisotopic (exact) mass is 529 g/mol. The van der Waals surface area contributed by atoms with Crippen LogP contribution in [0.4, 0.5) is 5.13 Å². The number of amides is 1. The molecule has 0 aliphatic heterocycles. The van der Waals surface area contributed by atoms with Crippen LogP contribution in [0, 0.1) is 11.8 Å². The Morgan fingerprint density at radius 1 is 1.13 bits per heavy atom. The topological polar surface area (TPSA) is 101 Å².